The van der Waals surface area contributed by atoms with Crippen molar-refractivity contribution in [2.24, 2.45) is 0 Å². The average molecular weight is 353 g/mol. The highest BCUT2D eigenvalue weighted by Crippen LogP contribution is 2.34. The molecule has 0 atom stereocenters. The second kappa shape index (κ2) is 6.04. The molecule has 0 saturated carbocycles. The fourth-order valence-corrected chi connectivity index (χ4v) is 2.50. The maximum Gasteiger partial charge on any atom is 0.434 e. The molecule has 0 aliphatic carbocycles. The van der Waals surface area contributed by atoms with Gasteiger partial charge in [0.25, 0.3) is 5.91 Å². The van der Waals surface area contributed by atoms with Crippen LogP contribution in [0.3, 0.4) is 0 Å². The summed E-state index contributed by atoms with van der Waals surface area (Å²) < 4.78 is 41.1. The van der Waals surface area contributed by atoms with E-state index < -0.39 is 23.3 Å². The monoisotopic (exact) mass is 353 g/mol. The lowest BCUT2D eigenvalue weighted by Gasteiger charge is -2.12. The summed E-state index contributed by atoms with van der Waals surface area (Å²) in [4.78, 5) is 12.2. The minimum absolute atomic E-state index is 0.108. The van der Waals surface area contributed by atoms with Gasteiger partial charge in [0.2, 0.25) is 5.13 Å². The molecule has 0 fully saturated rings. The van der Waals surface area contributed by atoms with Crippen LogP contribution in [0.5, 0.6) is 0 Å². The minimum atomic E-state index is -4.75. The molecule has 0 bridgehead atoms. The highest BCUT2D eigenvalue weighted by atomic mass is 32.1. The molecule has 0 aliphatic heterocycles. The topological polar surface area (TPSA) is 72.7 Å². The molecular formula is C14H10F3N5OS. The van der Waals surface area contributed by atoms with Gasteiger partial charge < -0.3 is 0 Å². The first-order valence-electron chi connectivity index (χ1n) is 6.66. The number of hydrogen-bond acceptors (Lipinski definition) is 5. The number of carbonyl (C=O) groups is 1. The molecule has 0 radical (unpaired) electrons. The Morgan fingerprint density at radius 1 is 1.25 bits per heavy atom. The molecule has 0 spiro atoms. The molecule has 3 aromatic rings. The maximum atomic E-state index is 13.5. The predicted molar refractivity (Wildman–Crippen MR) is 81.2 cm³/mol. The van der Waals surface area contributed by atoms with Gasteiger partial charge in [-0.25, -0.2) is 4.68 Å². The van der Waals surface area contributed by atoms with Crippen molar-refractivity contribution in [1.82, 2.24) is 20.0 Å². The predicted octanol–water partition coefficient (Wildman–Crippen LogP) is 3.30. The van der Waals surface area contributed by atoms with Gasteiger partial charge in [0.05, 0.1) is 17.4 Å². The normalized spacial score (nSPS) is 11.5. The lowest BCUT2D eigenvalue weighted by molar-refractivity contribution is -0.143. The Balaban J connectivity index is 2.04. The third-order valence-electron chi connectivity index (χ3n) is 3.14. The van der Waals surface area contributed by atoms with Crippen LogP contribution in [0.2, 0.25) is 0 Å². The van der Waals surface area contributed by atoms with Gasteiger partial charge in [-0.3, -0.25) is 10.1 Å². The Morgan fingerprint density at radius 2 is 1.96 bits per heavy atom. The van der Waals surface area contributed by atoms with E-state index in [0.717, 1.165) is 23.1 Å². The SMILES string of the molecule is Cc1ccc(-n2ncc(C(=O)Nc3nncs3)c2C(F)(F)F)cc1. The number of halogens is 3. The van der Waals surface area contributed by atoms with Crippen molar-refractivity contribution >= 4 is 22.4 Å². The zero-order chi connectivity index (χ0) is 17.3. The summed E-state index contributed by atoms with van der Waals surface area (Å²) in [6, 6.07) is 6.34. The number of alkyl halides is 3. The second-order valence-corrected chi connectivity index (χ2v) is 5.68. The quantitative estimate of drug-likeness (QED) is 0.784. The zero-order valence-corrected chi connectivity index (χ0v) is 13.0. The summed E-state index contributed by atoms with van der Waals surface area (Å²) in [5, 5.41) is 13.2. The van der Waals surface area contributed by atoms with Gasteiger partial charge in [-0.2, -0.15) is 18.3 Å². The first-order valence-corrected chi connectivity index (χ1v) is 7.54. The van der Waals surface area contributed by atoms with Gasteiger partial charge in [0, 0.05) is 0 Å². The van der Waals surface area contributed by atoms with E-state index in [1.54, 1.807) is 12.1 Å². The van der Waals surface area contributed by atoms with Crippen molar-refractivity contribution in [2.45, 2.75) is 13.1 Å². The van der Waals surface area contributed by atoms with Gasteiger partial charge in [0.15, 0.2) is 5.69 Å². The number of amides is 1. The Labute approximate surface area is 138 Å². The van der Waals surface area contributed by atoms with Crippen molar-refractivity contribution in [3.8, 4) is 5.69 Å². The van der Waals surface area contributed by atoms with Crippen LogP contribution in [0, 0.1) is 6.92 Å². The number of benzene rings is 1. The first-order chi connectivity index (χ1) is 11.4. The van der Waals surface area contributed by atoms with Crippen LogP contribution in [0.25, 0.3) is 5.69 Å². The van der Waals surface area contributed by atoms with E-state index in [4.69, 9.17) is 0 Å². The largest absolute Gasteiger partial charge is 0.434 e. The fraction of sp³-hybridized carbons (Fsp3) is 0.143. The molecule has 1 N–H and O–H groups in total. The zero-order valence-electron chi connectivity index (χ0n) is 12.2. The lowest BCUT2D eigenvalue weighted by Crippen LogP contribution is -2.20. The van der Waals surface area contributed by atoms with E-state index >= 15 is 0 Å². The van der Waals surface area contributed by atoms with Crippen LogP contribution in [0.15, 0.2) is 36.0 Å². The van der Waals surface area contributed by atoms with E-state index in [1.165, 1.54) is 17.6 Å². The average Bonchev–Trinajstić information content (AvgIpc) is 3.16. The van der Waals surface area contributed by atoms with Crippen molar-refractivity contribution in [2.75, 3.05) is 5.32 Å². The number of anilines is 1. The number of aryl methyl sites for hydroxylation is 1. The van der Waals surface area contributed by atoms with E-state index in [-0.39, 0.29) is 10.8 Å². The molecular weight excluding hydrogens is 343 g/mol. The third kappa shape index (κ3) is 3.13. The van der Waals surface area contributed by atoms with Crippen molar-refractivity contribution < 1.29 is 18.0 Å². The van der Waals surface area contributed by atoms with Crippen LogP contribution < -0.4 is 5.32 Å². The minimum Gasteiger partial charge on any atom is -0.296 e. The smallest absolute Gasteiger partial charge is 0.296 e. The Bertz CT molecular complexity index is 856. The van der Waals surface area contributed by atoms with Crippen molar-refractivity contribution in [1.29, 1.82) is 0 Å². The number of nitrogens with zero attached hydrogens (tertiary/aromatic N) is 4. The van der Waals surface area contributed by atoms with Crippen molar-refractivity contribution in [3.63, 3.8) is 0 Å². The first kappa shape index (κ1) is 16.1. The van der Waals surface area contributed by atoms with Crippen molar-refractivity contribution in [3.05, 3.63) is 52.8 Å². The molecule has 10 heteroatoms. The fourth-order valence-electron chi connectivity index (χ4n) is 2.06. The molecule has 0 aliphatic rings. The van der Waals surface area contributed by atoms with Gasteiger partial charge in [-0.15, -0.1) is 10.2 Å². The second-order valence-electron chi connectivity index (χ2n) is 4.85. The molecule has 0 saturated heterocycles. The molecule has 24 heavy (non-hydrogen) atoms. The van der Waals surface area contributed by atoms with Gasteiger partial charge in [-0.05, 0) is 19.1 Å². The van der Waals surface area contributed by atoms with Crippen LogP contribution in [-0.4, -0.2) is 25.9 Å². The number of carbonyl (C=O) groups excluding carboxylic acids is 1. The Kier molecular flexibility index (Phi) is 4.06. The summed E-state index contributed by atoms with van der Waals surface area (Å²) in [6.07, 6.45) is -3.87. The van der Waals surface area contributed by atoms with Crippen LogP contribution in [0.1, 0.15) is 21.6 Å². The molecule has 6 nitrogen and oxygen atoms in total. The third-order valence-corrected chi connectivity index (χ3v) is 3.75. The number of hydrogen-bond donors (Lipinski definition) is 1. The molecule has 124 valence electrons. The molecule has 1 amide bonds. The lowest BCUT2D eigenvalue weighted by atomic mass is 10.2. The van der Waals surface area contributed by atoms with Crippen LogP contribution in [0.4, 0.5) is 18.3 Å². The standard InChI is InChI=1S/C14H10F3N5OS/c1-8-2-4-9(5-3-8)22-11(14(15,16)17)10(6-19-22)12(23)20-13-21-18-7-24-13/h2-7H,1H3,(H,20,21,23). The molecule has 1 aromatic carbocycles. The Hall–Kier alpha value is -2.75. The summed E-state index contributed by atoms with van der Waals surface area (Å²) >= 11 is 1.00. The Morgan fingerprint density at radius 3 is 2.54 bits per heavy atom. The van der Waals surface area contributed by atoms with Crippen LogP contribution >= 0.6 is 11.3 Å². The highest BCUT2D eigenvalue weighted by molar-refractivity contribution is 7.13. The van der Waals surface area contributed by atoms with Gasteiger partial charge in [-0.1, -0.05) is 29.0 Å². The molecule has 2 heterocycles. The van der Waals surface area contributed by atoms with Crippen LogP contribution in [-0.2, 0) is 6.18 Å². The molecule has 3 rings (SSSR count). The molecule has 0 unspecified atom stereocenters. The summed E-state index contributed by atoms with van der Waals surface area (Å²) in [7, 11) is 0. The number of aromatic nitrogens is 4. The van der Waals surface area contributed by atoms with E-state index in [9.17, 15) is 18.0 Å². The summed E-state index contributed by atoms with van der Waals surface area (Å²) in [5.41, 5.74) is 0.735. The van der Waals surface area contributed by atoms with E-state index in [0.29, 0.717) is 4.68 Å². The maximum absolute atomic E-state index is 13.5. The summed E-state index contributed by atoms with van der Waals surface area (Å²) in [6.45, 7) is 1.82. The highest BCUT2D eigenvalue weighted by Gasteiger charge is 2.40. The number of nitrogens with one attached hydrogen (secondary N) is 1. The van der Waals surface area contributed by atoms with E-state index in [1.807, 2.05) is 6.92 Å². The molecule has 2 aromatic heterocycles. The number of rotatable bonds is 3. The van der Waals surface area contributed by atoms with E-state index in [2.05, 4.69) is 20.6 Å². The summed E-state index contributed by atoms with van der Waals surface area (Å²) in [5.74, 6) is -0.947. The van der Waals surface area contributed by atoms with Gasteiger partial charge in [0.1, 0.15) is 5.51 Å². The van der Waals surface area contributed by atoms with Gasteiger partial charge >= 0.3 is 6.18 Å².